The van der Waals surface area contributed by atoms with E-state index in [9.17, 15) is 0 Å². The van der Waals surface area contributed by atoms with E-state index in [1.54, 1.807) is 7.11 Å². The minimum absolute atomic E-state index is 0.284. The predicted molar refractivity (Wildman–Crippen MR) is 81.0 cm³/mol. The van der Waals surface area contributed by atoms with Gasteiger partial charge in [-0.3, -0.25) is 0 Å². The van der Waals surface area contributed by atoms with Crippen molar-refractivity contribution in [2.75, 3.05) is 14.2 Å². The predicted octanol–water partition coefficient (Wildman–Crippen LogP) is 2.80. The third kappa shape index (κ3) is 3.39. The molecule has 1 heterocycles. The van der Waals surface area contributed by atoms with Gasteiger partial charge in [-0.1, -0.05) is 12.1 Å². The highest BCUT2D eigenvalue weighted by molar-refractivity contribution is 5.27. The number of aryl methyl sites for hydroxylation is 2. The summed E-state index contributed by atoms with van der Waals surface area (Å²) < 4.78 is 7.37. The molecule has 0 saturated carbocycles. The van der Waals surface area contributed by atoms with E-state index >= 15 is 0 Å². The van der Waals surface area contributed by atoms with Crippen LogP contribution in [0.1, 0.15) is 30.8 Å². The van der Waals surface area contributed by atoms with Crippen LogP contribution in [0, 0.1) is 0 Å². The van der Waals surface area contributed by atoms with E-state index in [4.69, 9.17) is 4.74 Å². The summed E-state index contributed by atoms with van der Waals surface area (Å²) in [5.74, 6) is 2.02. The third-order valence-corrected chi connectivity index (χ3v) is 3.63. The van der Waals surface area contributed by atoms with Gasteiger partial charge in [-0.25, -0.2) is 4.98 Å². The molecule has 1 N–H and O–H groups in total. The van der Waals surface area contributed by atoms with Crippen molar-refractivity contribution in [2.45, 2.75) is 32.4 Å². The third-order valence-electron chi connectivity index (χ3n) is 3.63. The summed E-state index contributed by atoms with van der Waals surface area (Å²) in [6, 6.07) is 8.55. The molecule has 1 aromatic heterocycles. The lowest BCUT2D eigenvalue weighted by Gasteiger charge is -2.17. The molecule has 0 radical (unpaired) electrons. The van der Waals surface area contributed by atoms with E-state index in [2.05, 4.69) is 33.9 Å². The first-order chi connectivity index (χ1) is 9.78. The summed E-state index contributed by atoms with van der Waals surface area (Å²) in [4.78, 5) is 4.48. The molecule has 0 fully saturated rings. The minimum atomic E-state index is 0.284. The Hall–Kier alpha value is -1.81. The van der Waals surface area contributed by atoms with Crippen molar-refractivity contribution in [3.63, 3.8) is 0 Å². The second-order valence-corrected chi connectivity index (χ2v) is 4.80. The van der Waals surface area contributed by atoms with Crippen LogP contribution in [-0.4, -0.2) is 23.7 Å². The normalized spacial score (nSPS) is 12.3. The molecule has 2 aromatic rings. The van der Waals surface area contributed by atoms with Crippen LogP contribution >= 0.6 is 0 Å². The van der Waals surface area contributed by atoms with Gasteiger partial charge in [-0.2, -0.15) is 0 Å². The van der Waals surface area contributed by atoms with E-state index in [1.807, 2.05) is 31.6 Å². The number of imidazole rings is 1. The lowest BCUT2D eigenvalue weighted by Crippen LogP contribution is -2.21. The van der Waals surface area contributed by atoms with Crippen molar-refractivity contribution in [1.29, 1.82) is 0 Å². The Morgan fingerprint density at radius 3 is 2.65 bits per heavy atom. The molecule has 0 saturated heterocycles. The van der Waals surface area contributed by atoms with E-state index < -0.39 is 0 Å². The molecule has 1 unspecified atom stereocenters. The van der Waals surface area contributed by atoms with Gasteiger partial charge in [0, 0.05) is 18.9 Å². The molecule has 4 heteroatoms. The fourth-order valence-corrected chi connectivity index (χ4v) is 2.40. The molecule has 108 valence electrons. The van der Waals surface area contributed by atoms with Crippen molar-refractivity contribution >= 4 is 0 Å². The molecule has 0 bridgehead atoms. The zero-order valence-electron chi connectivity index (χ0n) is 12.5. The summed E-state index contributed by atoms with van der Waals surface area (Å²) >= 11 is 0. The van der Waals surface area contributed by atoms with Crippen molar-refractivity contribution in [1.82, 2.24) is 14.9 Å². The SMILES string of the molecule is CCn1ccnc1C(CCc1ccc(OC)cc1)NC. The minimum Gasteiger partial charge on any atom is -0.497 e. The second kappa shape index (κ2) is 7.10. The van der Waals surface area contributed by atoms with E-state index in [1.165, 1.54) is 5.56 Å². The Bertz CT molecular complexity index is 519. The quantitative estimate of drug-likeness (QED) is 0.843. The molecule has 0 aliphatic rings. The molecule has 4 nitrogen and oxygen atoms in total. The zero-order valence-corrected chi connectivity index (χ0v) is 12.5. The molecule has 0 amide bonds. The molecule has 0 spiro atoms. The number of benzene rings is 1. The molecule has 1 atom stereocenters. The van der Waals surface area contributed by atoms with Crippen LogP contribution in [0.25, 0.3) is 0 Å². The second-order valence-electron chi connectivity index (χ2n) is 4.80. The van der Waals surface area contributed by atoms with Crippen molar-refractivity contribution in [3.05, 3.63) is 48.0 Å². The topological polar surface area (TPSA) is 39.1 Å². The largest absolute Gasteiger partial charge is 0.497 e. The van der Waals surface area contributed by atoms with Crippen LogP contribution in [0.2, 0.25) is 0 Å². The highest BCUT2D eigenvalue weighted by Crippen LogP contribution is 2.19. The molecule has 2 rings (SSSR count). The summed E-state index contributed by atoms with van der Waals surface area (Å²) in [5.41, 5.74) is 1.32. The van der Waals surface area contributed by atoms with Crippen LogP contribution in [0.5, 0.6) is 5.75 Å². The van der Waals surface area contributed by atoms with Crippen LogP contribution in [0.15, 0.2) is 36.7 Å². The molecule has 0 aliphatic carbocycles. The van der Waals surface area contributed by atoms with Gasteiger partial charge in [0.2, 0.25) is 0 Å². The van der Waals surface area contributed by atoms with Gasteiger partial charge in [0.1, 0.15) is 11.6 Å². The average molecular weight is 273 g/mol. The van der Waals surface area contributed by atoms with Crippen molar-refractivity contribution in [2.24, 2.45) is 0 Å². The number of nitrogens with one attached hydrogen (secondary N) is 1. The molecule has 1 aromatic carbocycles. The lowest BCUT2D eigenvalue weighted by molar-refractivity contribution is 0.414. The fraction of sp³-hybridized carbons (Fsp3) is 0.438. The van der Waals surface area contributed by atoms with Crippen LogP contribution < -0.4 is 10.1 Å². The number of rotatable bonds is 7. The maximum Gasteiger partial charge on any atom is 0.125 e. The molecule has 0 aliphatic heterocycles. The molecular formula is C16H23N3O. The smallest absolute Gasteiger partial charge is 0.125 e. The average Bonchev–Trinajstić information content (AvgIpc) is 2.97. The Labute approximate surface area is 120 Å². The first kappa shape index (κ1) is 14.6. The Balaban J connectivity index is 2.00. The van der Waals surface area contributed by atoms with E-state index in [-0.39, 0.29) is 6.04 Å². The van der Waals surface area contributed by atoms with Gasteiger partial charge in [0.15, 0.2) is 0 Å². The number of hydrogen-bond donors (Lipinski definition) is 1. The maximum absolute atomic E-state index is 5.18. The van der Waals surface area contributed by atoms with E-state index in [0.29, 0.717) is 0 Å². The number of ether oxygens (including phenoxy) is 1. The number of aromatic nitrogens is 2. The monoisotopic (exact) mass is 273 g/mol. The van der Waals surface area contributed by atoms with Gasteiger partial charge in [-0.15, -0.1) is 0 Å². The van der Waals surface area contributed by atoms with Gasteiger partial charge < -0.3 is 14.6 Å². The summed E-state index contributed by atoms with van der Waals surface area (Å²) in [6.07, 6.45) is 5.95. The zero-order chi connectivity index (χ0) is 14.4. The maximum atomic E-state index is 5.18. The molecule has 20 heavy (non-hydrogen) atoms. The highest BCUT2D eigenvalue weighted by Gasteiger charge is 2.14. The van der Waals surface area contributed by atoms with Crippen molar-refractivity contribution in [3.8, 4) is 5.75 Å². The van der Waals surface area contributed by atoms with Gasteiger partial charge in [-0.05, 0) is 44.5 Å². The summed E-state index contributed by atoms with van der Waals surface area (Å²) in [6.45, 7) is 3.09. The van der Waals surface area contributed by atoms with Crippen LogP contribution in [0.3, 0.4) is 0 Å². The standard InChI is InChI=1S/C16H23N3O/c1-4-19-12-11-18-16(19)15(17-2)10-7-13-5-8-14(20-3)9-6-13/h5-6,8-9,11-12,15,17H,4,7,10H2,1-3H3. The fourth-order valence-electron chi connectivity index (χ4n) is 2.40. The molecular weight excluding hydrogens is 250 g/mol. The lowest BCUT2D eigenvalue weighted by atomic mass is 10.0. The Kier molecular flexibility index (Phi) is 5.18. The highest BCUT2D eigenvalue weighted by atomic mass is 16.5. The van der Waals surface area contributed by atoms with Gasteiger partial charge in [0.05, 0.1) is 13.2 Å². The first-order valence-corrected chi connectivity index (χ1v) is 7.09. The summed E-state index contributed by atoms with van der Waals surface area (Å²) in [5, 5.41) is 3.36. The van der Waals surface area contributed by atoms with Gasteiger partial charge >= 0.3 is 0 Å². The number of methoxy groups -OCH3 is 1. The summed E-state index contributed by atoms with van der Waals surface area (Å²) in [7, 11) is 3.68. The number of nitrogens with zero attached hydrogens (tertiary/aromatic N) is 2. The van der Waals surface area contributed by atoms with Crippen LogP contribution in [-0.2, 0) is 13.0 Å². The van der Waals surface area contributed by atoms with Crippen molar-refractivity contribution < 1.29 is 4.74 Å². The Morgan fingerprint density at radius 1 is 1.30 bits per heavy atom. The number of hydrogen-bond acceptors (Lipinski definition) is 3. The Morgan fingerprint density at radius 2 is 2.05 bits per heavy atom. The van der Waals surface area contributed by atoms with E-state index in [0.717, 1.165) is 31.0 Å². The first-order valence-electron chi connectivity index (χ1n) is 7.09. The van der Waals surface area contributed by atoms with Gasteiger partial charge in [0.25, 0.3) is 0 Å². The van der Waals surface area contributed by atoms with Crippen LogP contribution in [0.4, 0.5) is 0 Å².